The van der Waals surface area contributed by atoms with Gasteiger partial charge in [0.1, 0.15) is 0 Å². The average molecular weight is 267 g/mol. The molecule has 0 radical (unpaired) electrons. The minimum absolute atomic E-state index is 0.0496. The first-order chi connectivity index (χ1) is 9.04. The Kier molecular flexibility index (Phi) is 3.84. The van der Waals surface area contributed by atoms with Crippen LogP contribution in [-0.2, 0) is 7.05 Å². The number of nitrogens with zero attached hydrogens (tertiary/aromatic N) is 2. The first-order valence-electron chi connectivity index (χ1n) is 6.26. The third-order valence-corrected chi connectivity index (χ3v) is 3.73. The molecule has 1 amide bonds. The molecule has 0 bridgehead atoms. The van der Waals surface area contributed by atoms with Crippen molar-refractivity contribution in [1.29, 1.82) is 0 Å². The lowest BCUT2D eigenvalue weighted by Gasteiger charge is -2.18. The molecule has 2 N–H and O–H groups in total. The van der Waals surface area contributed by atoms with E-state index in [1.165, 1.54) is 23.7 Å². The molecule has 2 unspecified atom stereocenters. The minimum atomic E-state index is -0.525. The predicted octanol–water partition coefficient (Wildman–Crippen LogP) is 0.824. The van der Waals surface area contributed by atoms with E-state index >= 15 is 0 Å². The molecule has 1 aromatic rings. The van der Waals surface area contributed by atoms with Crippen molar-refractivity contribution in [3.63, 3.8) is 0 Å². The molecule has 0 saturated heterocycles. The van der Waals surface area contributed by atoms with Gasteiger partial charge in [-0.3, -0.25) is 4.79 Å². The van der Waals surface area contributed by atoms with Crippen LogP contribution in [0.4, 0.5) is 5.82 Å². The largest absolute Gasteiger partial charge is 0.396 e. The van der Waals surface area contributed by atoms with Crippen molar-refractivity contribution in [1.82, 2.24) is 9.88 Å². The maximum absolute atomic E-state index is 12.1. The van der Waals surface area contributed by atoms with Gasteiger partial charge in [0.15, 0.2) is 5.69 Å². The molecule has 2 atom stereocenters. The van der Waals surface area contributed by atoms with Crippen LogP contribution in [0.3, 0.4) is 0 Å². The van der Waals surface area contributed by atoms with Crippen LogP contribution in [0.25, 0.3) is 0 Å². The Labute approximate surface area is 110 Å². The normalized spacial score (nSPS) is 22.4. The topological polar surface area (TPSA) is 97.4 Å². The van der Waals surface area contributed by atoms with Crippen LogP contribution in [0.1, 0.15) is 29.8 Å². The molecule has 1 aromatic heterocycles. The number of hydrogen-bond acceptors (Lipinski definition) is 4. The van der Waals surface area contributed by atoms with Crippen molar-refractivity contribution in [3.05, 3.63) is 27.9 Å². The lowest BCUT2D eigenvalue weighted by molar-refractivity contribution is -0.391. The number of amides is 1. The summed E-state index contributed by atoms with van der Waals surface area (Å²) in [6, 6.07) is 2.70. The molecule has 104 valence electrons. The van der Waals surface area contributed by atoms with Crippen molar-refractivity contribution in [3.8, 4) is 0 Å². The summed E-state index contributed by atoms with van der Waals surface area (Å²) in [4.78, 5) is 22.3. The van der Waals surface area contributed by atoms with Crippen LogP contribution in [0, 0.1) is 16.0 Å². The van der Waals surface area contributed by atoms with Gasteiger partial charge in [-0.05, 0) is 23.8 Å². The third-order valence-electron chi connectivity index (χ3n) is 3.73. The average Bonchev–Trinajstić information content (AvgIpc) is 2.95. The highest BCUT2D eigenvalue weighted by atomic mass is 16.6. The van der Waals surface area contributed by atoms with Crippen LogP contribution < -0.4 is 5.32 Å². The fourth-order valence-electron chi connectivity index (χ4n) is 2.60. The van der Waals surface area contributed by atoms with Crippen LogP contribution in [0.15, 0.2) is 12.1 Å². The summed E-state index contributed by atoms with van der Waals surface area (Å²) >= 11 is 0. The van der Waals surface area contributed by atoms with Crippen molar-refractivity contribution in [2.45, 2.75) is 25.3 Å². The molecule has 0 spiro atoms. The highest BCUT2D eigenvalue weighted by Gasteiger charge is 2.30. The number of aliphatic hydroxyl groups is 1. The Balaban J connectivity index is 2.10. The van der Waals surface area contributed by atoms with E-state index in [4.69, 9.17) is 0 Å². The second-order valence-corrected chi connectivity index (χ2v) is 4.85. The molecule has 19 heavy (non-hydrogen) atoms. The molecule has 7 heteroatoms. The number of aromatic nitrogens is 1. The first kappa shape index (κ1) is 13.5. The van der Waals surface area contributed by atoms with Gasteiger partial charge in [0.05, 0.1) is 7.05 Å². The molecule has 0 aromatic carbocycles. The summed E-state index contributed by atoms with van der Waals surface area (Å²) < 4.78 is 1.26. The summed E-state index contributed by atoms with van der Waals surface area (Å²) in [5, 5.41) is 22.8. The summed E-state index contributed by atoms with van der Waals surface area (Å²) in [6.45, 7) is 0.0538. The van der Waals surface area contributed by atoms with Gasteiger partial charge in [-0.1, -0.05) is 6.42 Å². The molecule has 1 saturated carbocycles. The van der Waals surface area contributed by atoms with Crippen LogP contribution in [0.5, 0.6) is 0 Å². The van der Waals surface area contributed by atoms with Gasteiger partial charge in [0.2, 0.25) is 0 Å². The van der Waals surface area contributed by atoms with Gasteiger partial charge in [0, 0.05) is 24.6 Å². The van der Waals surface area contributed by atoms with E-state index in [9.17, 15) is 20.0 Å². The lowest BCUT2D eigenvalue weighted by atomic mass is 10.1. The van der Waals surface area contributed by atoms with Crippen molar-refractivity contribution in [2.24, 2.45) is 13.0 Å². The van der Waals surface area contributed by atoms with Crippen molar-refractivity contribution < 1.29 is 14.8 Å². The molecular weight excluding hydrogens is 250 g/mol. The predicted molar refractivity (Wildman–Crippen MR) is 67.7 cm³/mol. The Morgan fingerprint density at radius 3 is 2.89 bits per heavy atom. The molecule has 1 fully saturated rings. The fraction of sp³-hybridized carbons (Fsp3) is 0.583. The number of hydrogen-bond donors (Lipinski definition) is 2. The van der Waals surface area contributed by atoms with E-state index in [1.807, 2.05) is 0 Å². The van der Waals surface area contributed by atoms with E-state index in [2.05, 4.69) is 5.32 Å². The number of nitrogens with one attached hydrogen (secondary N) is 1. The number of carbonyl (C=O) groups excluding carboxylic acids is 1. The van der Waals surface area contributed by atoms with E-state index in [-0.39, 0.29) is 36.0 Å². The lowest BCUT2D eigenvalue weighted by Crippen LogP contribution is -2.39. The SMILES string of the molecule is Cn1c(C(=O)NC2CCCC2CO)ccc1[N+](=O)[O-]. The maximum atomic E-state index is 12.1. The third kappa shape index (κ3) is 2.60. The number of nitro groups is 1. The smallest absolute Gasteiger partial charge is 0.323 e. The summed E-state index contributed by atoms with van der Waals surface area (Å²) in [5.41, 5.74) is 0.260. The summed E-state index contributed by atoms with van der Waals surface area (Å²) in [5.74, 6) is -0.365. The van der Waals surface area contributed by atoms with E-state index < -0.39 is 4.92 Å². The summed E-state index contributed by atoms with van der Waals surface area (Å²) in [6.07, 6.45) is 2.71. The molecule has 7 nitrogen and oxygen atoms in total. The Morgan fingerprint density at radius 2 is 2.32 bits per heavy atom. The number of carbonyl (C=O) groups is 1. The van der Waals surface area contributed by atoms with E-state index in [0.717, 1.165) is 19.3 Å². The second kappa shape index (κ2) is 5.40. The molecule has 1 aliphatic rings. The fourth-order valence-corrected chi connectivity index (χ4v) is 2.60. The van der Waals surface area contributed by atoms with Gasteiger partial charge in [-0.2, -0.15) is 0 Å². The monoisotopic (exact) mass is 267 g/mol. The zero-order chi connectivity index (χ0) is 14.0. The van der Waals surface area contributed by atoms with Crippen LogP contribution >= 0.6 is 0 Å². The molecule has 2 rings (SSSR count). The minimum Gasteiger partial charge on any atom is -0.396 e. The van der Waals surface area contributed by atoms with Crippen LogP contribution in [0.2, 0.25) is 0 Å². The molecule has 1 heterocycles. The standard InChI is InChI=1S/C12H17N3O4/c1-14-10(5-6-11(14)15(18)19)12(17)13-9-4-2-3-8(9)7-16/h5-6,8-9,16H,2-4,7H2,1H3,(H,13,17). The number of aliphatic hydroxyl groups excluding tert-OH is 1. The Morgan fingerprint density at radius 1 is 1.58 bits per heavy atom. The highest BCUT2D eigenvalue weighted by Crippen LogP contribution is 2.25. The maximum Gasteiger partial charge on any atom is 0.323 e. The van der Waals surface area contributed by atoms with Gasteiger partial charge in [0.25, 0.3) is 5.91 Å². The highest BCUT2D eigenvalue weighted by molar-refractivity contribution is 5.93. The molecule has 0 aliphatic heterocycles. The van der Waals surface area contributed by atoms with E-state index in [1.54, 1.807) is 0 Å². The number of rotatable bonds is 4. The van der Waals surface area contributed by atoms with E-state index in [0.29, 0.717) is 0 Å². The zero-order valence-electron chi connectivity index (χ0n) is 10.7. The molecule has 1 aliphatic carbocycles. The van der Waals surface area contributed by atoms with Crippen LogP contribution in [-0.4, -0.2) is 33.2 Å². The van der Waals surface area contributed by atoms with Crippen molar-refractivity contribution in [2.75, 3.05) is 6.61 Å². The Hall–Kier alpha value is -1.89. The quantitative estimate of drug-likeness (QED) is 0.623. The Bertz CT molecular complexity index is 497. The first-order valence-corrected chi connectivity index (χ1v) is 6.26. The van der Waals surface area contributed by atoms with Gasteiger partial charge >= 0.3 is 5.82 Å². The van der Waals surface area contributed by atoms with Crippen molar-refractivity contribution >= 4 is 11.7 Å². The van der Waals surface area contributed by atoms with Gasteiger partial charge in [-0.25, -0.2) is 4.57 Å². The molecular formula is C12H17N3O4. The van der Waals surface area contributed by atoms with Gasteiger partial charge < -0.3 is 20.5 Å². The van der Waals surface area contributed by atoms with Gasteiger partial charge in [-0.15, -0.1) is 0 Å². The summed E-state index contributed by atoms with van der Waals surface area (Å²) in [7, 11) is 1.49. The zero-order valence-corrected chi connectivity index (χ0v) is 10.7. The second-order valence-electron chi connectivity index (χ2n) is 4.85.